The fourth-order valence-corrected chi connectivity index (χ4v) is 7.92. The van der Waals surface area contributed by atoms with Gasteiger partial charge in [0.2, 0.25) is 5.88 Å². The number of hydrogen-bond donors (Lipinski definition) is 1. The van der Waals surface area contributed by atoms with Crippen LogP contribution in [0.5, 0.6) is 11.6 Å². The number of likely N-dealkylation sites (tertiary alicyclic amines) is 1. The first-order valence-electron chi connectivity index (χ1n) is 16.7. The Hall–Kier alpha value is -3.24. The Balaban J connectivity index is 1.11. The first kappa shape index (κ1) is 33.3. The molecule has 7 rings (SSSR count). The van der Waals surface area contributed by atoms with E-state index < -0.39 is 0 Å². The predicted octanol–water partition coefficient (Wildman–Crippen LogP) is 7.68. The SMILES string of the molecule is COc1cc(-c2nccc(-c3cccc(-c4ccc(CN5CC6(CCOCC6)C5)c(OC)n4)c3Cl)c2Cl)ccc1CNC1CCOCC1. The molecule has 48 heavy (non-hydrogen) atoms. The van der Waals surface area contributed by atoms with E-state index in [1.807, 2.05) is 42.5 Å². The first-order chi connectivity index (χ1) is 23.5. The molecule has 3 aliphatic heterocycles. The van der Waals surface area contributed by atoms with Crippen molar-refractivity contribution < 1.29 is 18.9 Å². The molecule has 3 saturated heterocycles. The van der Waals surface area contributed by atoms with Crippen LogP contribution in [0.15, 0.2) is 60.8 Å². The van der Waals surface area contributed by atoms with Crippen LogP contribution in [0.2, 0.25) is 10.0 Å². The number of methoxy groups -OCH3 is 2. The van der Waals surface area contributed by atoms with Gasteiger partial charge in [0.25, 0.3) is 0 Å². The zero-order valence-corrected chi connectivity index (χ0v) is 29.1. The van der Waals surface area contributed by atoms with E-state index in [-0.39, 0.29) is 0 Å². The van der Waals surface area contributed by atoms with Gasteiger partial charge in [-0.05, 0) is 43.9 Å². The second-order valence-electron chi connectivity index (χ2n) is 13.1. The number of halogens is 2. The van der Waals surface area contributed by atoms with Gasteiger partial charge in [-0.15, -0.1) is 0 Å². The molecule has 0 bridgehead atoms. The fourth-order valence-electron chi connectivity index (χ4n) is 7.28. The molecule has 0 amide bonds. The molecule has 1 N–H and O–H groups in total. The van der Waals surface area contributed by atoms with Crippen molar-refractivity contribution in [3.63, 3.8) is 0 Å². The number of pyridine rings is 2. The highest BCUT2D eigenvalue weighted by Gasteiger charge is 2.43. The standard InChI is InChI=1S/C38H42Cl2N4O4/c1-45-33-20-25(6-7-26(33)21-42-28-11-16-47-17-12-28)36-35(40)30(10-15-41-36)29-4-3-5-31(34(29)39)32-9-8-27(37(43-32)46-2)22-44-23-38(24-44)13-18-48-19-14-38/h3-10,15,20,28,42H,11-14,16-19,21-24H2,1-2H3. The third-order valence-corrected chi connectivity index (χ3v) is 10.8. The Kier molecular flexibility index (Phi) is 10.2. The van der Waals surface area contributed by atoms with E-state index >= 15 is 0 Å². The van der Waals surface area contributed by atoms with Gasteiger partial charge in [-0.2, -0.15) is 0 Å². The number of rotatable bonds is 10. The van der Waals surface area contributed by atoms with Crippen LogP contribution in [-0.4, -0.2) is 74.6 Å². The third kappa shape index (κ3) is 6.93. The van der Waals surface area contributed by atoms with Crippen molar-refractivity contribution in [3.8, 4) is 45.3 Å². The Morgan fingerprint density at radius 1 is 0.854 bits per heavy atom. The molecule has 2 aromatic carbocycles. The van der Waals surface area contributed by atoms with Crippen molar-refractivity contribution in [1.82, 2.24) is 20.2 Å². The van der Waals surface area contributed by atoms with E-state index in [0.29, 0.717) is 39.6 Å². The molecule has 0 radical (unpaired) electrons. The fraction of sp³-hybridized carbons (Fsp3) is 0.421. The average molecular weight is 690 g/mol. The van der Waals surface area contributed by atoms with Crippen LogP contribution >= 0.6 is 23.2 Å². The van der Waals surface area contributed by atoms with Gasteiger partial charge in [-0.25, -0.2) is 4.98 Å². The van der Waals surface area contributed by atoms with Crippen molar-refractivity contribution >= 4 is 23.2 Å². The van der Waals surface area contributed by atoms with Crippen LogP contribution in [0.1, 0.15) is 36.8 Å². The van der Waals surface area contributed by atoms with E-state index in [0.717, 1.165) is 117 Å². The normalized spacial score (nSPS) is 18.1. The molecule has 0 atom stereocenters. The summed E-state index contributed by atoms with van der Waals surface area (Å²) in [6.07, 6.45) is 6.09. The zero-order valence-electron chi connectivity index (χ0n) is 27.6. The molecule has 1 spiro atoms. The molecule has 3 fully saturated rings. The van der Waals surface area contributed by atoms with Gasteiger partial charge >= 0.3 is 0 Å². The summed E-state index contributed by atoms with van der Waals surface area (Å²) < 4.78 is 22.6. The highest BCUT2D eigenvalue weighted by Crippen LogP contribution is 2.43. The summed E-state index contributed by atoms with van der Waals surface area (Å²) in [5.74, 6) is 1.41. The molecule has 0 saturated carbocycles. The highest BCUT2D eigenvalue weighted by molar-refractivity contribution is 6.39. The van der Waals surface area contributed by atoms with Crippen LogP contribution in [0.4, 0.5) is 0 Å². The van der Waals surface area contributed by atoms with Crippen molar-refractivity contribution in [2.24, 2.45) is 5.41 Å². The number of benzene rings is 2. The van der Waals surface area contributed by atoms with Gasteiger partial charge in [-0.3, -0.25) is 9.88 Å². The maximum atomic E-state index is 7.14. The Bertz CT molecular complexity index is 1750. The lowest BCUT2D eigenvalue weighted by Crippen LogP contribution is -2.57. The van der Waals surface area contributed by atoms with Gasteiger partial charge in [0, 0.05) is 104 Å². The van der Waals surface area contributed by atoms with Crippen LogP contribution in [-0.2, 0) is 22.6 Å². The summed E-state index contributed by atoms with van der Waals surface area (Å²) in [5.41, 5.74) is 7.24. The molecule has 5 heterocycles. The second kappa shape index (κ2) is 14.7. The number of nitrogens with zero attached hydrogens (tertiary/aromatic N) is 3. The number of nitrogens with one attached hydrogen (secondary N) is 1. The summed E-state index contributed by atoms with van der Waals surface area (Å²) in [5, 5.41) is 4.72. The van der Waals surface area contributed by atoms with E-state index in [1.54, 1.807) is 20.4 Å². The molecule has 4 aromatic rings. The van der Waals surface area contributed by atoms with Crippen LogP contribution in [0.3, 0.4) is 0 Å². The number of aromatic nitrogens is 2. The number of hydrogen-bond acceptors (Lipinski definition) is 8. The average Bonchev–Trinajstić information content (AvgIpc) is 3.11. The summed E-state index contributed by atoms with van der Waals surface area (Å²) in [4.78, 5) is 12.0. The van der Waals surface area contributed by atoms with E-state index in [1.165, 1.54) is 0 Å². The lowest BCUT2D eigenvalue weighted by molar-refractivity contribution is -0.0841. The lowest BCUT2D eigenvalue weighted by atomic mass is 9.73. The molecule has 3 aliphatic rings. The molecule has 10 heteroatoms. The van der Waals surface area contributed by atoms with E-state index in [4.69, 9.17) is 47.1 Å². The van der Waals surface area contributed by atoms with Gasteiger partial charge < -0.3 is 24.3 Å². The smallest absolute Gasteiger partial charge is 0.218 e. The molecule has 2 aromatic heterocycles. The minimum atomic E-state index is 0.415. The molecule has 0 unspecified atom stereocenters. The van der Waals surface area contributed by atoms with Crippen LogP contribution in [0.25, 0.3) is 33.6 Å². The largest absolute Gasteiger partial charge is 0.496 e. The van der Waals surface area contributed by atoms with Crippen molar-refractivity contribution in [3.05, 3.63) is 82.0 Å². The van der Waals surface area contributed by atoms with Crippen molar-refractivity contribution in [1.29, 1.82) is 0 Å². The van der Waals surface area contributed by atoms with Crippen molar-refractivity contribution in [2.75, 3.05) is 53.7 Å². The van der Waals surface area contributed by atoms with Gasteiger partial charge in [0.1, 0.15) is 5.75 Å². The van der Waals surface area contributed by atoms with Crippen molar-refractivity contribution in [2.45, 2.75) is 44.8 Å². The third-order valence-electron chi connectivity index (χ3n) is 10.0. The van der Waals surface area contributed by atoms with E-state index in [9.17, 15) is 0 Å². The summed E-state index contributed by atoms with van der Waals surface area (Å²) >= 11 is 14.2. The monoisotopic (exact) mass is 688 g/mol. The lowest BCUT2D eigenvalue weighted by Gasteiger charge is -2.52. The minimum Gasteiger partial charge on any atom is -0.496 e. The Morgan fingerprint density at radius 3 is 2.35 bits per heavy atom. The van der Waals surface area contributed by atoms with Gasteiger partial charge in [-0.1, -0.05) is 59.6 Å². The quantitative estimate of drug-likeness (QED) is 0.182. The Labute approximate surface area is 292 Å². The Morgan fingerprint density at radius 2 is 1.58 bits per heavy atom. The maximum Gasteiger partial charge on any atom is 0.218 e. The minimum absolute atomic E-state index is 0.415. The summed E-state index contributed by atoms with van der Waals surface area (Å²) in [6.45, 7) is 7.05. The highest BCUT2D eigenvalue weighted by atomic mass is 35.5. The molecule has 252 valence electrons. The van der Waals surface area contributed by atoms with Crippen LogP contribution < -0.4 is 14.8 Å². The summed E-state index contributed by atoms with van der Waals surface area (Å²) in [7, 11) is 3.36. The maximum absolute atomic E-state index is 7.14. The summed E-state index contributed by atoms with van der Waals surface area (Å²) in [6, 6.07) is 18.5. The second-order valence-corrected chi connectivity index (χ2v) is 13.9. The molecular weight excluding hydrogens is 647 g/mol. The molecule has 8 nitrogen and oxygen atoms in total. The van der Waals surface area contributed by atoms with E-state index in [2.05, 4.69) is 27.3 Å². The topological polar surface area (TPSA) is 78.0 Å². The predicted molar refractivity (Wildman–Crippen MR) is 190 cm³/mol. The molecule has 0 aliphatic carbocycles. The van der Waals surface area contributed by atoms with Crippen LogP contribution in [0, 0.1) is 5.41 Å². The zero-order chi connectivity index (χ0) is 33.1. The van der Waals surface area contributed by atoms with Gasteiger partial charge in [0.15, 0.2) is 0 Å². The van der Waals surface area contributed by atoms with Gasteiger partial charge in [0.05, 0.1) is 35.7 Å². The first-order valence-corrected chi connectivity index (χ1v) is 17.5. The number of ether oxygens (including phenoxy) is 4. The molecular formula is C38H42Cl2N4O4.